The van der Waals surface area contributed by atoms with Crippen LogP contribution in [-0.2, 0) is 12.6 Å². The topological polar surface area (TPSA) is 82.4 Å². The third kappa shape index (κ3) is 6.19. The van der Waals surface area contributed by atoms with Gasteiger partial charge >= 0.3 is 6.03 Å². The van der Waals surface area contributed by atoms with Crippen LogP contribution in [0.2, 0.25) is 0 Å². The highest BCUT2D eigenvalue weighted by Crippen LogP contribution is 2.18. The highest BCUT2D eigenvalue weighted by molar-refractivity contribution is 5.73. The molecule has 0 bridgehead atoms. The first kappa shape index (κ1) is 19.4. The fourth-order valence-corrected chi connectivity index (χ4v) is 2.53. The van der Waals surface area contributed by atoms with Crippen molar-refractivity contribution in [2.24, 2.45) is 7.05 Å². The lowest BCUT2D eigenvalue weighted by Crippen LogP contribution is -2.47. The first-order chi connectivity index (χ1) is 10.6. The van der Waals surface area contributed by atoms with Crippen molar-refractivity contribution < 1.29 is 9.90 Å². The van der Waals surface area contributed by atoms with Gasteiger partial charge in [0.2, 0.25) is 0 Å². The summed E-state index contributed by atoms with van der Waals surface area (Å²) in [6.07, 6.45) is 3.34. The Hall–Kier alpha value is -1.60. The maximum absolute atomic E-state index is 11.9. The summed E-state index contributed by atoms with van der Waals surface area (Å²) in [5.74, 6) is 0. The number of nitrogens with zero attached hydrogens (tertiary/aromatic N) is 3. The van der Waals surface area contributed by atoms with Gasteiger partial charge in [-0.25, -0.2) is 4.79 Å². The van der Waals surface area contributed by atoms with E-state index in [1.807, 2.05) is 0 Å². The van der Waals surface area contributed by atoms with E-state index in [2.05, 4.69) is 48.3 Å². The Bertz CT molecular complexity index is 488. The van der Waals surface area contributed by atoms with Gasteiger partial charge in [-0.15, -0.1) is 0 Å². The summed E-state index contributed by atoms with van der Waals surface area (Å²) < 4.78 is 1.62. The molecule has 0 aromatic carbocycles. The minimum Gasteiger partial charge on any atom is -0.383 e. The molecule has 1 aromatic heterocycles. The Morgan fingerprint density at radius 3 is 2.43 bits per heavy atom. The molecule has 7 nitrogen and oxygen atoms in total. The molecular weight excluding hydrogens is 294 g/mol. The van der Waals surface area contributed by atoms with Gasteiger partial charge in [0.15, 0.2) is 0 Å². The van der Waals surface area contributed by atoms with E-state index in [-0.39, 0.29) is 12.6 Å². The van der Waals surface area contributed by atoms with Crippen molar-refractivity contribution in [3.05, 3.63) is 18.0 Å². The lowest BCUT2D eigenvalue weighted by Gasteiger charge is -2.30. The standard InChI is InChI=1S/C16H31N5O2/c1-12(2)21(13(3)4)8-7-17-15(22)18-11-16(5,23)14-9-19-20(6)10-14/h9-10,12-13,23H,7-8,11H2,1-6H3,(H2,17,18,22). The Labute approximate surface area is 139 Å². The lowest BCUT2D eigenvalue weighted by atomic mass is 10.00. The number of hydrogen-bond donors (Lipinski definition) is 3. The average Bonchev–Trinajstić information content (AvgIpc) is 2.88. The number of urea groups is 1. The van der Waals surface area contributed by atoms with E-state index in [0.29, 0.717) is 24.2 Å². The molecule has 0 fully saturated rings. The van der Waals surface area contributed by atoms with Gasteiger partial charge in [-0.3, -0.25) is 9.58 Å². The quantitative estimate of drug-likeness (QED) is 0.667. The predicted octanol–water partition coefficient (Wildman–Crippen LogP) is 1.05. The van der Waals surface area contributed by atoms with Gasteiger partial charge in [0, 0.05) is 44.0 Å². The van der Waals surface area contributed by atoms with Crippen molar-refractivity contribution in [1.29, 1.82) is 0 Å². The molecule has 2 amide bonds. The first-order valence-electron chi connectivity index (χ1n) is 8.12. The van der Waals surface area contributed by atoms with Crippen molar-refractivity contribution in [3.8, 4) is 0 Å². The SMILES string of the molecule is CC(C)N(CCNC(=O)NCC(C)(O)c1cnn(C)c1)C(C)C. The average molecular weight is 325 g/mol. The molecule has 7 heteroatoms. The van der Waals surface area contributed by atoms with Crippen LogP contribution in [0.4, 0.5) is 4.79 Å². The molecule has 1 heterocycles. The van der Waals surface area contributed by atoms with Crippen molar-refractivity contribution in [3.63, 3.8) is 0 Å². The van der Waals surface area contributed by atoms with Crippen molar-refractivity contribution >= 4 is 6.03 Å². The van der Waals surface area contributed by atoms with E-state index in [9.17, 15) is 9.90 Å². The third-order valence-electron chi connectivity index (χ3n) is 3.90. The van der Waals surface area contributed by atoms with Crippen LogP contribution in [-0.4, -0.2) is 57.5 Å². The zero-order valence-corrected chi connectivity index (χ0v) is 15.1. The Morgan fingerprint density at radius 2 is 1.96 bits per heavy atom. The molecule has 0 radical (unpaired) electrons. The molecule has 0 aliphatic heterocycles. The third-order valence-corrected chi connectivity index (χ3v) is 3.90. The van der Waals surface area contributed by atoms with Crippen molar-refractivity contribution in [2.45, 2.75) is 52.3 Å². The summed E-state index contributed by atoms with van der Waals surface area (Å²) in [6.45, 7) is 11.7. The molecule has 0 aliphatic carbocycles. The zero-order chi connectivity index (χ0) is 17.6. The fourth-order valence-electron chi connectivity index (χ4n) is 2.53. The molecule has 0 aliphatic rings. The van der Waals surface area contributed by atoms with E-state index >= 15 is 0 Å². The predicted molar refractivity (Wildman–Crippen MR) is 91.2 cm³/mol. The molecule has 1 unspecified atom stereocenters. The molecule has 0 saturated carbocycles. The van der Waals surface area contributed by atoms with E-state index in [1.54, 1.807) is 31.0 Å². The molecular formula is C16H31N5O2. The zero-order valence-electron chi connectivity index (χ0n) is 15.1. The van der Waals surface area contributed by atoms with Crippen LogP contribution < -0.4 is 10.6 Å². The first-order valence-corrected chi connectivity index (χ1v) is 8.12. The minimum absolute atomic E-state index is 0.128. The number of aliphatic hydroxyl groups is 1. The molecule has 23 heavy (non-hydrogen) atoms. The molecule has 1 aromatic rings. The van der Waals surface area contributed by atoms with Gasteiger partial charge < -0.3 is 15.7 Å². The molecule has 0 spiro atoms. The maximum Gasteiger partial charge on any atom is 0.314 e. The second-order valence-electron chi connectivity index (χ2n) is 6.71. The number of rotatable bonds is 8. The second kappa shape index (κ2) is 8.31. The molecule has 1 atom stereocenters. The van der Waals surface area contributed by atoms with Crippen LogP contribution >= 0.6 is 0 Å². The monoisotopic (exact) mass is 325 g/mol. The molecule has 132 valence electrons. The molecule has 3 N–H and O–H groups in total. The van der Waals surface area contributed by atoms with Crippen LogP contribution in [0.1, 0.15) is 40.2 Å². The normalized spacial score (nSPS) is 14.3. The molecule has 1 rings (SSSR count). The summed E-state index contributed by atoms with van der Waals surface area (Å²) in [4.78, 5) is 14.2. The van der Waals surface area contributed by atoms with Crippen LogP contribution in [0.15, 0.2) is 12.4 Å². The summed E-state index contributed by atoms with van der Waals surface area (Å²) in [5.41, 5.74) is -0.473. The fraction of sp³-hybridized carbons (Fsp3) is 0.750. The van der Waals surface area contributed by atoms with E-state index in [4.69, 9.17) is 0 Å². The van der Waals surface area contributed by atoms with Gasteiger partial charge in [-0.05, 0) is 34.6 Å². The summed E-state index contributed by atoms with van der Waals surface area (Å²) in [5, 5.41) is 20.0. The van der Waals surface area contributed by atoms with Gasteiger partial charge in [0.05, 0.1) is 12.7 Å². The Kier molecular flexibility index (Phi) is 7.02. The van der Waals surface area contributed by atoms with Crippen molar-refractivity contribution in [1.82, 2.24) is 25.3 Å². The van der Waals surface area contributed by atoms with Crippen molar-refractivity contribution in [2.75, 3.05) is 19.6 Å². The number of carbonyl (C=O) groups excluding carboxylic acids is 1. The highest BCUT2D eigenvalue weighted by atomic mass is 16.3. The van der Waals surface area contributed by atoms with Gasteiger partial charge in [0.1, 0.15) is 5.60 Å². The maximum atomic E-state index is 11.9. The highest BCUT2D eigenvalue weighted by Gasteiger charge is 2.25. The summed E-state index contributed by atoms with van der Waals surface area (Å²) in [6, 6.07) is 0.596. The lowest BCUT2D eigenvalue weighted by molar-refractivity contribution is 0.0592. The Balaban J connectivity index is 2.37. The number of aryl methyl sites for hydroxylation is 1. The Morgan fingerprint density at radius 1 is 1.35 bits per heavy atom. The number of aromatic nitrogens is 2. The molecule has 0 saturated heterocycles. The van der Waals surface area contributed by atoms with E-state index in [0.717, 1.165) is 6.54 Å². The number of nitrogens with one attached hydrogen (secondary N) is 2. The number of hydrogen-bond acceptors (Lipinski definition) is 4. The second-order valence-corrected chi connectivity index (χ2v) is 6.71. The number of amides is 2. The summed E-state index contributed by atoms with van der Waals surface area (Å²) in [7, 11) is 1.79. The van der Waals surface area contributed by atoms with E-state index in [1.165, 1.54) is 0 Å². The van der Waals surface area contributed by atoms with Gasteiger partial charge in [0.25, 0.3) is 0 Å². The largest absolute Gasteiger partial charge is 0.383 e. The van der Waals surface area contributed by atoms with Gasteiger partial charge in [-0.1, -0.05) is 0 Å². The van der Waals surface area contributed by atoms with Crippen LogP contribution in [0.5, 0.6) is 0 Å². The smallest absolute Gasteiger partial charge is 0.314 e. The van der Waals surface area contributed by atoms with E-state index < -0.39 is 5.60 Å². The summed E-state index contributed by atoms with van der Waals surface area (Å²) >= 11 is 0. The minimum atomic E-state index is -1.15. The van der Waals surface area contributed by atoms with Crippen LogP contribution in [0.25, 0.3) is 0 Å². The van der Waals surface area contributed by atoms with Crippen LogP contribution in [0, 0.1) is 0 Å². The number of carbonyl (C=O) groups is 1. The van der Waals surface area contributed by atoms with Crippen LogP contribution in [0.3, 0.4) is 0 Å². The van der Waals surface area contributed by atoms with Gasteiger partial charge in [-0.2, -0.15) is 5.10 Å².